The molecule has 0 N–H and O–H groups in total. The van der Waals surface area contributed by atoms with E-state index < -0.39 is 8.07 Å². The van der Waals surface area contributed by atoms with Crippen molar-refractivity contribution in [3.63, 3.8) is 0 Å². The van der Waals surface area contributed by atoms with E-state index >= 15 is 0 Å². The molecule has 3 nitrogen and oxygen atoms in total. The number of ether oxygens (including phenoxy) is 1. The van der Waals surface area contributed by atoms with E-state index in [0.29, 0.717) is 12.4 Å². The smallest absolute Gasteiger partial charge is 0.139 e. The summed E-state index contributed by atoms with van der Waals surface area (Å²) in [5, 5.41) is 5.39. The van der Waals surface area contributed by atoms with Crippen LogP contribution in [0.1, 0.15) is 0 Å². The molecular weight excluding hydrogens is 204 g/mol. The highest BCUT2D eigenvalue weighted by molar-refractivity contribution is 6.76. The van der Waals surface area contributed by atoms with E-state index in [0.717, 1.165) is 12.7 Å². The van der Waals surface area contributed by atoms with Gasteiger partial charge in [-0.25, -0.2) is 5.01 Å². The predicted octanol–water partition coefficient (Wildman–Crippen LogP) is 2.92. The van der Waals surface area contributed by atoms with Crippen LogP contribution in [-0.2, 0) is 4.74 Å². The highest BCUT2D eigenvalue weighted by Crippen LogP contribution is 2.08. The molecule has 0 spiro atoms. The second-order valence-electron chi connectivity index (χ2n) is 4.58. The molecule has 0 aromatic carbocycles. The first-order valence-electron chi connectivity index (χ1n) is 5.04. The van der Waals surface area contributed by atoms with E-state index in [4.69, 9.17) is 4.74 Å². The Balaban J connectivity index is 3.78. The molecule has 0 saturated heterocycles. The normalized spacial score (nSPS) is 10.9. The van der Waals surface area contributed by atoms with Gasteiger partial charge in [0.2, 0.25) is 0 Å². The number of nitrogens with zero attached hydrogens (tertiary/aromatic N) is 2. The van der Waals surface area contributed by atoms with Crippen LogP contribution in [-0.4, -0.2) is 33.1 Å². The van der Waals surface area contributed by atoms with Crippen molar-refractivity contribution in [1.82, 2.24) is 5.01 Å². The Morgan fingerprint density at radius 2 is 2.07 bits per heavy atom. The number of allylic oxidation sites excluding steroid dienone is 1. The average Bonchev–Trinajstić information content (AvgIpc) is 2.15. The third-order valence-electron chi connectivity index (χ3n) is 1.95. The molecule has 0 aliphatic carbocycles. The van der Waals surface area contributed by atoms with Crippen LogP contribution in [0.25, 0.3) is 0 Å². The highest BCUT2D eigenvalue weighted by Gasteiger charge is 2.12. The van der Waals surface area contributed by atoms with Crippen molar-refractivity contribution in [2.75, 3.05) is 13.3 Å². The van der Waals surface area contributed by atoms with Gasteiger partial charge in [-0.1, -0.05) is 32.8 Å². The minimum atomic E-state index is -1.01. The fourth-order valence-electron chi connectivity index (χ4n) is 0.849. The molecule has 0 unspecified atom stereocenters. The first kappa shape index (κ1) is 14.1. The van der Waals surface area contributed by atoms with E-state index in [9.17, 15) is 0 Å². The van der Waals surface area contributed by atoms with Gasteiger partial charge in [-0.2, -0.15) is 5.10 Å². The Labute approximate surface area is 94.1 Å². The van der Waals surface area contributed by atoms with E-state index in [1.54, 1.807) is 11.1 Å². The second-order valence-corrected chi connectivity index (χ2v) is 10.2. The predicted molar refractivity (Wildman–Crippen MR) is 69.7 cm³/mol. The van der Waals surface area contributed by atoms with Crippen LogP contribution in [0.4, 0.5) is 0 Å². The van der Waals surface area contributed by atoms with E-state index in [2.05, 4.69) is 44.6 Å². The van der Waals surface area contributed by atoms with Crippen LogP contribution >= 0.6 is 0 Å². The van der Waals surface area contributed by atoms with Crippen LogP contribution < -0.4 is 0 Å². The van der Waals surface area contributed by atoms with Gasteiger partial charge in [0.05, 0.1) is 5.70 Å². The molecule has 0 amide bonds. The maximum absolute atomic E-state index is 5.50. The standard InChI is InChI=1S/C11H22N2OSi/c1-7-11(2)13(12-3)10-14-8-9-15(4,5)6/h7H,1-3,8-10H2,4-6H3. The lowest BCUT2D eigenvalue weighted by atomic mass is 10.5. The molecule has 0 aliphatic rings. The summed E-state index contributed by atoms with van der Waals surface area (Å²) in [5.41, 5.74) is 0.706. The molecule has 0 atom stereocenters. The van der Waals surface area contributed by atoms with Crippen molar-refractivity contribution in [3.8, 4) is 0 Å². The van der Waals surface area contributed by atoms with Crippen LogP contribution in [0.15, 0.2) is 30.0 Å². The lowest BCUT2D eigenvalue weighted by Gasteiger charge is -2.20. The van der Waals surface area contributed by atoms with Crippen molar-refractivity contribution in [3.05, 3.63) is 24.9 Å². The summed E-state index contributed by atoms with van der Waals surface area (Å²) in [5.74, 6) is 0. The van der Waals surface area contributed by atoms with Crippen LogP contribution in [0.2, 0.25) is 25.7 Å². The van der Waals surface area contributed by atoms with Crippen LogP contribution in [0, 0.1) is 0 Å². The largest absolute Gasteiger partial charge is 0.360 e. The molecular formula is C11H22N2OSi. The number of hydrogen-bond donors (Lipinski definition) is 0. The maximum atomic E-state index is 5.50. The lowest BCUT2D eigenvalue weighted by molar-refractivity contribution is 0.0595. The monoisotopic (exact) mass is 226 g/mol. The fraction of sp³-hybridized carbons (Fsp3) is 0.545. The van der Waals surface area contributed by atoms with Crippen molar-refractivity contribution in [2.45, 2.75) is 25.7 Å². The molecule has 0 saturated carbocycles. The zero-order chi connectivity index (χ0) is 11.9. The van der Waals surface area contributed by atoms with Gasteiger partial charge < -0.3 is 4.74 Å². The molecule has 0 aromatic heterocycles. The molecule has 15 heavy (non-hydrogen) atoms. The van der Waals surface area contributed by atoms with Crippen molar-refractivity contribution >= 4 is 14.8 Å². The van der Waals surface area contributed by atoms with Crippen molar-refractivity contribution in [1.29, 1.82) is 0 Å². The van der Waals surface area contributed by atoms with Crippen LogP contribution in [0.3, 0.4) is 0 Å². The number of rotatable bonds is 8. The SMILES string of the molecule is C=CC(=C)N(COCC[Si](C)(C)C)N=C. The van der Waals surface area contributed by atoms with Gasteiger partial charge in [-0.3, -0.25) is 0 Å². The Hall–Kier alpha value is -0.873. The van der Waals surface area contributed by atoms with Gasteiger partial charge in [-0.05, 0) is 12.1 Å². The van der Waals surface area contributed by atoms with E-state index in [1.807, 2.05) is 0 Å². The Morgan fingerprint density at radius 1 is 1.47 bits per heavy atom. The second kappa shape index (κ2) is 6.58. The average molecular weight is 226 g/mol. The summed E-state index contributed by atoms with van der Waals surface area (Å²) in [6.45, 7) is 19.0. The third-order valence-corrected chi connectivity index (χ3v) is 3.65. The summed E-state index contributed by atoms with van der Waals surface area (Å²) < 4.78 is 5.50. The highest BCUT2D eigenvalue weighted by atomic mass is 28.3. The molecule has 0 radical (unpaired) electrons. The summed E-state index contributed by atoms with van der Waals surface area (Å²) in [6.07, 6.45) is 1.64. The maximum Gasteiger partial charge on any atom is 0.139 e. The van der Waals surface area contributed by atoms with Gasteiger partial charge in [0.15, 0.2) is 0 Å². The summed E-state index contributed by atoms with van der Waals surface area (Å²) >= 11 is 0. The minimum Gasteiger partial charge on any atom is -0.360 e. The zero-order valence-electron chi connectivity index (χ0n) is 10.1. The molecule has 0 heterocycles. The van der Waals surface area contributed by atoms with Crippen LogP contribution in [0.5, 0.6) is 0 Å². The lowest BCUT2D eigenvalue weighted by Crippen LogP contribution is -2.24. The zero-order valence-corrected chi connectivity index (χ0v) is 11.1. The Kier molecular flexibility index (Phi) is 6.20. The molecule has 0 aliphatic heterocycles. The quantitative estimate of drug-likeness (QED) is 0.159. The third kappa shape index (κ3) is 7.10. The molecule has 0 fully saturated rings. The number of hydrazone groups is 1. The Morgan fingerprint density at radius 3 is 2.47 bits per heavy atom. The first-order valence-corrected chi connectivity index (χ1v) is 8.74. The fourth-order valence-corrected chi connectivity index (χ4v) is 1.61. The van der Waals surface area contributed by atoms with Gasteiger partial charge in [-0.15, -0.1) is 0 Å². The topological polar surface area (TPSA) is 24.8 Å². The van der Waals surface area contributed by atoms with Crippen molar-refractivity contribution < 1.29 is 4.74 Å². The molecule has 86 valence electrons. The minimum absolute atomic E-state index is 0.402. The number of hydrogen-bond acceptors (Lipinski definition) is 3. The van der Waals surface area contributed by atoms with Gasteiger partial charge >= 0.3 is 0 Å². The molecule has 0 aromatic rings. The van der Waals surface area contributed by atoms with Gasteiger partial charge in [0.25, 0.3) is 0 Å². The molecule has 0 rings (SSSR count). The first-order chi connectivity index (χ1) is 6.90. The Bertz CT molecular complexity index is 233. The summed E-state index contributed by atoms with van der Waals surface area (Å²) in [6, 6.07) is 1.15. The summed E-state index contributed by atoms with van der Waals surface area (Å²) in [7, 11) is -1.01. The van der Waals surface area contributed by atoms with E-state index in [-0.39, 0.29) is 0 Å². The van der Waals surface area contributed by atoms with Gasteiger partial charge in [0.1, 0.15) is 6.73 Å². The molecule has 4 heteroatoms. The van der Waals surface area contributed by atoms with E-state index in [1.165, 1.54) is 0 Å². The molecule has 0 bridgehead atoms. The summed E-state index contributed by atoms with van der Waals surface area (Å²) in [4.78, 5) is 0. The van der Waals surface area contributed by atoms with Crippen molar-refractivity contribution in [2.24, 2.45) is 5.10 Å². The van der Waals surface area contributed by atoms with Gasteiger partial charge in [0, 0.05) is 21.4 Å².